The zero-order chi connectivity index (χ0) is 9.68. The smallest absolute Gasteiger partial charge is 0.0991 e. The van der Waals surface area contributed by atoms with Crippen LogP contribution in [0, 0.1) is 11.3 Å². The van der Waals surface area contributed by atoms with Crippen LogP contribution in [0.3, 0.4) is 0 Å². The van der Waals surface area contributed by atoms with E-state index in [1.54, 1.807) is 17.6 Å². The SMILES string of the molecule is C=C/C(=C\S)c1cccc(C#N)c1. The normalized spacial score (nSPS) is 10.6. The first kappa shape index (κ1) is 9.63. The highest BCUT2D eigenvalue weighted by Crippen LogP contribution is 2.17. The zero-order valence-electron chi connectivity index (χ0n) is 7.07. The van der Waals surface area contributed by atoms with E-state index in [0.717, 1.165) is 11.1 Å². The van der Waals surface area contributed by atoms with Crippen molar-refractivity contribution in [1.29, 1.82) is 5.26 Å². The number of rotatable bonds is 2. The van der Waals surface area contributed by atoms with Gasteiger partial charge in [-0.2, -0.15) is 17.9 Å². The van der Waals surface area contributed by atoms with Crippen LogP contribution in [-0.4, -0.2) is 0 Å². The van der Waals surface area contributed by atoms with Crippen LogP contribution in [0.25, 0.3) is 5.57 Å². The fourth-order valence-electron chi connectivity index (χ4n) is 1.01. The van der Waals surface area contributed by atoms with Gasteiger partial charge in [0.15, 0.2) is 0 Å². The van der Waals surface area contributed by atoms with E-state index in [2.05, 4.69) is 25.3 Å². The average Bonchev–Trinajstić information content (AvgIpc) is 2.20. The maximum absolute atomic E-state index is 8.67. The summed E-state index contributed by atoms with van der Waals surface area (Å²) in [5.41, 5.74) is 2.52. The summed E-state index contributed by atoms with van der Waals surface area (Å²) in [6.07, 6.45) is 1.71. The third kappa shape index (κ3) is 2.24. The number of allylic oxidation sites excluding steroid dienone is 2. The molecule has 0 saturated heterocycles. The number of nitrogens with zero attached hydrogens (tertiary/aromatic N) is 1. The Labute approximate surface area is 83.4 Å². The first-order chi connectivity index (χ1) is 6.31. The van der Waals surface area contributed by atoms with E-state index < -0.39 is 0 Å². The molecular weight excluding hydrogens is 178 g/mol. The molecule has 13 heavy (non-hydrogen) atoms. The molecule has 0 fully saturated rings. The van der Waals surface area contributed by atoms with Crippen molar-refractivity contribution in [1.82, 2.24) is 0 Å². The summed E-state index contributed by atoms with van der Waals surface area (Å²) in [7, 11) is 0. The van der Waals surface area contributed by atoms with Gasteiger partial charge in [-0.25, -0.2) is 0 Å². The van der Waals surface area contributed by atoms with Crippen molar-refractivity contribution in [3.63, 3.8) is 0 Å². The van der Waals surface area contributed by atoms with Gasteiger partial charge in [-0.05, 0) is 28.7 Å². The Morgan fingerprint density at radius 1 is 1.54 bits per heavy atom. The Balaban J connectivity index is 3.17. The minimum atomic E-state index is 0.645. The molecule has 0 bridgehead atoms. The van der Waals surface area contributed by atoms with E-state index in [9.17, 15) is 0 Å². The van der Waals surface area contributed by atoms with E-state index in [1.165, 1.54) is 0 Å². The number of thiol groups is 1. The second-order valence-corrected chi connectivity index (χ2v) is 2.74. The zero-order valence-corrected chi connectivity index (χ0v) is 7.96. The van der Waals surface area contributed by atoms with E-state index >= 15 is 0 Å². The van der Waals surface area contributed by atoms with Gasteiger partial charge in [0.25, 0.3) is 0 Å². The lowest BCUT2D eigenvalue weighted by Crippen LogP contribution is -1.81. The molecule has 64 valence electrons. The fraction of sp³-hybridized carbons (Fsp3) is 0. The molecule has 1 aromatic carbocycles. The molecule has 0 aliphatic heterocycles. The first-order valence-electron chi connectivity index (χ1n) is 3.79. The van der Waals surface area contributed by atoms with Gasteiger partial charge in [0.05, 0.1) is 11.6 Å². The summed E-state index contributed by atoms with van der Waals surface area (Å²) in [5.74, 6) is 0. The van der Waals surface area contributed by atoms with Crippen molar-refractivity contribution in [3.05, 3.63) is 53.5 Å². The molecule has 0 N–H and O–H groups in total. The molecule has 0 saturated carbocycles. The average molecular weight is 187 g/mol. The molecule has 1 rings (SSSR count). The molecular formula is C11H9NS. The van der Waals surface area contributed by atoms with Crippen LogP contribution in [0.15, 0.2) is 42.3 Å². The van der Waals surface area contributed by atoms with Crippen LogP contribution >= 0.6 is 12.6 Å². The summed E-state index contributed by atoms with van der Waals surface area (Å²) >= 11 is 4.05. The predicted octanol–water partition coefficient (Wildman–Crippen LogP) is 3.01. The van der Waals surface area contributed by atoms with Gasteiger partial charge >= 0.3 is 0 Å². The quantitative estimate of drug-likeness (QED) is 0.558. The lowest BCUT2D eigenvalue weighted by molar-refractivity contribution is 1.47. The summed E-state index contributed by atoms with van der Waals surface area (Å²) in [5, 5.41) is 10.3. The highest BCUT2D eigenvalue weighted by molar-refractivity contribution is 7.83. The topological polar surface area (TPSA) is 23.8 Å². The second-order valence-electron chi connectivity index (χ2n) is 2.48. The van der Waals surface area contributed by atoms with E-state index in [4.69, 9.17) is 5.26 Å². The highest BCUT2D eigenvalue weighted by Gasteiger charge is 1.97. The highest BCUT2D eigenvalue weighted by atomic mass is 32.1. The molecule has 2 heteroatoms. The Kier molecular flexibility index (Phi) is 3.36. The van der Waals surface area contributed by atoms with Crippen molar-refractivity contribution in [3.8, 4) is 6.07 Å². The van der Waals surface area contributed by atoms with Gasteiger partial charge in [-0.15, -0.1) is 0 Å². The molecule has 0 aromatic heterocycles. The Morgan fingerprint density at radius 2 is 2.31 bits per heavy atom. The van der Waals surface area contributed by atoms with Crippen LogP contribution < -0.4 is 0 Å². The Hall–Kier alpha value is -1.46. The minimum Gasteiger partial charge on any atom is -0.192 e. The molecule has 0 heterocycles. The van der Waals surface area contributed by atoms with Gasteiger partial charge in [0.1, 0.15) is 0 Å². The van der Waals surface area contributed by atoms with Crippen LogP contribution in [-0.2, 0) is 0 Å². The third-order valence-electron chi connectivity index (χ3n) is 1.68. The van der Waals surface area contributed by atoms with Crippen molar-refractivity contribution in [2.45, 2.75) is 0 Å². The van der Waals surface area contributed by atoms with Crippen LogP contribution in [0.2, 0.25) is 0 Å². The van der Waals surface area contributed by atoms with E-state index in [1.807, 2.05) is 18.2 Å². The summed E-state index contributed by atoms with van der Waals surface area (Å²) in [4.78, 5) is 0. The number of hydrogen-bond donors (Lipinski definition) is 1. The van der Waals surface area contributed by atoms with Crippen LogP contribution in [0.5, 0.6) is 0 Å². The standard InChI is InChI=1S/C11H9NS/c1-2-10(8-13)11-5-3-4-9(6-11)7-12/h2-6,8,13H,1H2/b10-8+. The van der Waals surface area contributed by atoms with Gasteiger partial charge in [-0.3, -0.25) is 0 Å². The molecule has 0 aliphatic carbocycles. The monoisotopic (exact) mass is 187 g/mol. The molecule has 1 aromatic rings. The van der Waals surface area contributed by atoms with Crippen LogP contribution in [0.1, 0.15) is 11.1 Å². The van der Waals surface area contributed by atoms with Gasteiger partial charge in [0.2, 0.25) is 0 Å². The minimum absolute atomic E-state index is 0.645. The summed E-state index contributed by atoms with van der Waals surface area (Å²) in [6, 6.07) is 9.42. The van der Waals surface area contributed by atoms with Gasteiger partial charge in [0, 0.05) is 0 Å². The van der Waals surface area contributed by atoms with Crippen molar-refractivity contribution in [2.75, 3.05) is 0 Å². The molecule has 0 radical (unpaired) electrons. The van der Waals surface area contributed by atoms with Crippen molar-refractivity contribution < 1.29 is 0 Å². The second kappa shape index (κ2) is 4.54. The van der Waals surface area contributed by atoms with Crippen molar-refractivity contribution in [2.24, 2.45) is 0 Å². The lowest BCUT2D eigenvalue weighted by atomic mass is 10.1. The first-order valence-corrected chi connectivity index (χ1v) is 4.31. The molecule has 0 unspecified atom stereocenters. The maximum Gasteiger partial charge on any atom is 0.0991 e. The van der Waals surface area contributed by atoms with Gasteiger partial charge < -0.3 is 0 Å². The molecule has 1 nitrogen and oxygen atoms in total. The largest absolute Gasteiger partial charge is 0.192 e. The summed E-state index contributed by atoms with van der Waals surface area (Å²) in [6.45, 7) is 3.66. The summed E-state index contributed by atoms with van der Waals surface area (Å²) < 4.78 is 0. The molecule has 0 aliphatic rings. The number of benzene rings is 1. The molecule has 0 spiro atoms. The van der Waals surface area contributed by atoms with Crippen LogP contribution in [0.4, 0.5) is 0 Å². The van der Waals surface area contributed by atoms with E-state index in [0.29, 0.717) is 5.56 Å². The predicted molar refractivity (Wildman–Crippen MR) is 58.3 cm³/mol. The number of nitriles is 1. The Bertz CT molecular complexity index is 385. The third-order valence-corrected chi connectivity index (χ3v) is 1.96. The number of hydrogen-bond acceptors (Lipinski definition) is 2. The molecule has 0 atom stereocenters. The van der Waals surface area contributed by atoms with Crippen molar-refractivity contribution >= 4 is 18.2 Å². The fourth-order valence-corrected chi connectivity index (χ4v) is 1.27. The van der Waals surface area contributed by atoms with E-state index in [-0.39, 0.29) is 0 Å². The maximum atomic E-state index is 8.67. The Morgan fingerprint density at radius 3 is 2.85 bits per heavy atom. The van der Waals surface area contributed by atoms with Gasteiger partial charge in [-0.1, -0.05) is 24.8 Å². The molecule has 0 amide bonds. The lowest BCUT2D eigenvalue weighted by Gasteiger charge is -2.00.